The summed E-state index contributed by atoms with van der Waals surface area (Å²) in [6.07, 6.45) is 4.09. The predicted octanol–water partition coefficient (Wildman–Crippen LogP) is 3.60. The summed E-state index contributed by atoms with van der Waals surface area (Å²) in [4.78, 5) is 27.5. The predicted molar refractivity (Wildman–Crippen MR) is 95.9 cm³/mol. The molecule has 24 heavy (non-hydrogen) atoms. The van der Waals surface area contributed by atoms with E-state index in [0.29, 0.717) is 19.4 Å². The maximum absolute atomic E-state index is 12.0. The fraction of sp³-hybridized carbons (Fsp3) is 0.278. The number of ether oxygens (including phenoxy) is 1. The topological polar surface area (TPSA) is 68.3 Å². The molecular formula is C18H20N2O3S. The minimum absolute atomic E-state index is 0.0459. The first-order valence-corrected chi connectivity index (χ1v) is 8.60. The summed E-state index contributed by atoms with van der Waals surface area (Å²) in [5.41, 5.74) is 2.54. The van der Waals surface area contributed by atoms with E-state index in [0.717, 1.165) is 22.0 Å². The van der Waals surface area contributed by atoms with Crippen LogP contribution in [0.4, 0.5) is 5.69 Å². The van der Waals surface area contributed by atoms with Gasteiger partial charge in [0, 0.05) is 23.6 Å². The van der Waals surface area contributed by atoms with Crippen LogP contribution in [0.5, 0.6) is 0 Å². The molecule has 2 rings (SSSR count). The highest BCUT2D eigenvalue weighted by Gasteiger charge is 2.05. The number of hydrogen-bond donors (Lipinski definition) is 1. The summed E-state index contributed by atoms with van der Waals surface area (Å²) < 4.78 is 4.82. The van der Waals surface area contributed by atoms with Crippen LogP contribution in [-0.2, 0) is 20.7 Å². The standard InChI is InChI=1S/C18H20N2O3S/c1-3-23-18(22)11-6-14-4-7-15(8-5-14)20-17(21)10-9-16-12-24-13(2)19-16/h4-8,11-12H,3,9-10H2,1-2H3,(H,20,21)/b11-6-. The lowest BCUT2D eigenvalue weighted by Crippen LogP contribution is -2.12. The Kier molecular flexibility index (Phi) is 6.69. The van der Waals surface area contributed by atoms with Gasteiger partial charge in [-0.2, -0.15) is 0 Å². The van der Waals surface area contributed by atoms with E-state index in [9.17, 15) is 9.59 Å². The van der Waals surface area contributed by atoms with Crippen molar-refractivity contribution in [2.45, 2.75) is 26.7 Å². The van der Waals surface area contributed by atoms with Crippen molar-refractivity contribution in [1.82, 2.24) is 4.98 Å². The summed E-state index contributed by atoms with van der Waals surface area (Å²) in [6.45, 7) is 4.07. The average molecular weight is 344 g/mol. The van der Waals surface area contributed by atoms with Crippen LogP contribution in [0.15, 0.2) is 35.7 Å². The Morgan fingerprint density at radius 1 is 1.29 bits per heavy atom. The Bertz CT molecular complexity index is 720. The molecule has 5 nitrogen and oxygen atoms in total. The molecule has 0 radical (unpaired) electrons. The van der Waals surface area contributed by atoms with E-state index in [2.05, 4.69) is 10.3 Å². The van der Waals surface area contributed by atoms with Gasteiger partial charge in [-0.05, 0) is 44.0 Å². The van der Waals surface area contributed by atoms with Crippen LogP contribution in [0.2, 0.25) is 0 Å². The van der Waals surface area contributed by atoms with Crippen molar-refractivity contribution in [2.24, 2.45) is 0 Å². The lowest BCUT2D eigenvalue weighted by Gasteiger charge is -2.05. The number of hydrogen-bond acceptors (Lipinski definition) is 5. The quantitative estimate of drug-likeness (QED) is 0.615. The second-order valence-corrected chi connectivity index (χ2v) is 6.18. The van der Waals surface area contributed by atoms with E-state index in [1.165, 1.54) is 6.08 Å². The Balaban J connectivity index is 1.82. The zero-order valence-corrected chi connectivity index (χ0v) is 14.6. The zero-order valence-electron chi connectivity index (χ0n) is 13.7. The number of carbonyl (C=O) groups is 2. The van der Waals surface area contributed by atoms with Crippen LogP contribution in [0.25, 0.3) is 6.08 Å². The highest BCUT2D eigenvalue weighted by atomic mass is 32.1. The average Bonchev–Trinajstić information content (AvgIpc) is 2.98. The van der Waals surface area contributed by atoms with Crippen LogP contribution in [0.1, 0.15) is 29.6 Å². The number of thiazole rings is 1. The number of carbonyl (C=O) groups excluding carboxylic acids is 2. The molecule has 0 aliphatic heterocycles. The van der Waals surface area contributed by atoms with Gasteiger partial charge in [0.15, 0.2) is 0 Å². The summed E-state index contributed by atoms with van der Waals surface area (Å²) in [7, 11) is 0. The van der Waals surface area contributed by atoms with E-state index >= 15 is 0 Å². The molecule has 0 bridgehead atoms. The molecule has 1 amide bonds. The minimum atomic E-state index is -0.368. The lowest BCUT2D eigenvalue weighted by molar-refractivity contribution is -0.137. The molecule has 0 aliphatic rings. The number of amides is 1. The Hall–Kier alpha value is -2.47. The smallest absolute Gasteiger partial charge is 0.330 e. The van der Waals surface area contributed by atoms with Gasteiger partial charge in [0.1, 0.15) is 0 Å². The van der Waals surface area contributed by atoms with E-state index in [4.69, 9.17) is 4.74 Å². The number of esters is 1. The van der Waals surface area contributed by atoms with Crippen LogP contribution in [0, 0.1) is 6.92 Å². The molecule has 0 unspecified atom stereocenters. The number of anilines is 1. The van der Waals surface area contributed by atoms with Crippen molar-refractivity contribution in [3.8, 4) is 0 Å². The number of nitrogens with zero attached hydrogens (tertiary/aromatic N) is 1. The van der Waals surface area contributed by atoms with Gasteiger partial charge in [0.05, 0.1) is 17.3 Å². The third kappa shape index (κ3) is 5.96. The Morgan fingerprint density at radius 2 is 2.04 bits per heavy atom. The van der Waals surface area contributed by atoms with Gasteiger partial charge >= 0.3 is 5.97 Å². The number of aryl methyl sites for hydroxylation is 2. The molecule has 1 aromatic heterocycles. The SMILES string of the molecule is CCOC(=O)/C=C\c1ccc(NC(=O)CCc2csc(C)n2)cc1. The van der Waals surface area contributed by atoms with E-state index in [-0.39, 0.29) is 11.9 Å². The molecule has 0 fully saturated rings. The number of rotatable bonds is 7. The molecule has 0 atom stereocenters. The third-order valence-electron chi connectivity index (χ3n) is 3.17. The fourth-order valence-corrected chi connectivity index (χ4v) is 2.67. The molecular weight excluding hydrogens is 324 g/mol. The van der Waals surface area contributed by atoms with Gasteiger partial charge in [-0.25, -0.2) is 9.78 Å². The maximum atomic E-state index is 12.0. The zero-order chi connectivity index (χ0) is 17.4. The lowest BCUT2D eigenvalue weighted by atomic mass is 10.2. The molecule has 2 aromatic rings. The van der Waals surface area contributed by atoms with Gasteiger partial charge in [0.25, 0.3) is 0 Å². The fourth-order valence-electron chi connectivity index (χ4n) is 2.02. The van der Waals surface area contributed by atoms with Crippen molar-refractivity contribution in [2.75, 3.05) is 11.9 Å². The van der Waals surface area contributed by atoms with Crippen molar-refractivity contribution in [3.63, 3.8) is 0 Å². The second kappa shape index (κ2) is 8.98. The molecule has 0 aliphatic carbocycles. The van der Waals surface area contributed by atoms with Gasteiger partial charge in [-0.3, -0.25) is 4.79 Å². The summed E-state index contributed by atoms with van der Waals surface area (Å²) in [6, 6.07) is 7.26. The second-order valence-electron chi connectivity index (χ2n) is 5.11. The summed E-state index contributed by atoms with van der Waals surface area (Å²) in [5, 5.41) is 5.84. The van der Waals surface area contributed by atoms with Gasteiger partial charge in [0.2, 0.25) is 5.91 Å². The molecule has 0 spiro atoms. The summed E-state index contributed by atoms with van der Waals surface area (Å²) in [5.74, 6) is -0.414. The Morgan fingerprint density at radius 3 is 2.67 bits per heavy atom. The molecule has 1 N–H and O–H groups in total. The van der Waals surface area contributed by atoms with Crippen molar-refractivity contribution >= 4 is 35.0 Å². The van der Waals surface area contributed by atoms with Gasteiger partial charge in [-0.1, -0.05) is 12.1 Å². The molecule has 0 saturated heterocycles. The third-order valence-corrected chi connectivity index (χ3v) is 3.99. The maximum Gasteiger partial charge on any atom is 0.330 e. The Labute approximate surface area is 145 Å². The van der Waals surface area contributed by atoms with E-state index < -0.39 is 0 Å². The largest absolute Gasteiger partial charge is 0.463 e. The molecule has 1 heterocycles. The highest BCUT2D eigenvalue weighted by Crippen LogP contribution is 2.13. The van der Waals surface area contributed by atoms with Gasteiger partial charge < -0.3 is 10.1 Å². The molecule has 6 heteroatoms. The van der Waals surface area contributed by atoms with Crippen molar-refractivity contribution in [1.29, 1.82) is 0 Å². The summed E-state index contributed by atoms with van der Waals surface area (Å²) >= 11 is 1.59. The van der Waals surface area contributed by atoms with Crippen LogP contribution >= 0.6 is 11.3 Å². The highest BCUT2D eigenvalue weighted by molar-refractivity contribution is 7.09. The number of nitrogens with one attached hydrogen (secondary N) is 1. The van der Waals surface area contributed by atoms with Crippen molar-refractivity contribution in [3.05, 3.63) is 52.0 Å². The van der Waals surface area contributed by atoms with E-state index in [1.54, 1.807) is 36.5 Å². The molecule has 126 valence electrons. The van der Waals surface area contributed by atoms with Crippen LogP contribution in [-0.4, -0.2) is 23.5 Å². The first-order valence-electron chi connectivity index (χ1n) is 7.72. The normalized spacial score (nSPS) is 10.8. The monoisotopic (exact) mass is 344 g/mol. The van der Waals surface area contributed by atoms with Gasteiger partial charge in [-0.15, -0.1) is 11.3 Å². The first-order chi connectivity index (χ1) is 11.6. The minimum Gasteiger partial charge on any atom is -0.463 e. The van der Waals surface area contributed by atoms with Crippen LogP contribution in [0.3, 0.4) is 0 Å². The molecule has 1 aromatic carbocycles. The van der Waals surface area contributed by atoms with E-state index in [1.807, 2.05) is 24.4 Å². The first kappa shape index (κ1) is 17.9. The van der Waals surface area contributed by atoms with Crippen molar-refractivity contribution < 1.29 is 14.3 Å². The number of aromatic nitrogens is 1. The van der Waals surface area contributed by atoms with Crippen LogP contribution < -0.4 is 5.32 Å². The number of benzene rings is 1. The molecule has 0 saturated carbocycles.